The SMILES string of the molecule is C[Si](C)(C)C#CC12CC(C#Cc3cccc4ccccc34)(C1)C2. The maximum atomic E-state index is 3.60. The summed E-state index contributed by atoms with van der Waals surface area (Å²) in [5, 5.41) is 2.54. The molecule has 0 atom stereocenters. The average molecular weight is 315 g/mol. The number of benzene rings is 2. The minimum absolute atomic E-state index is 0.269. The second kappa shape index (κ2) is 4.77. The average Bonchev–Trinajstić information content (AvgIpc) is 2.43. The van der Waals surface area contributed by atoms with Gasteiger partial charge in [-0.3, -0.25) is 0 Å². The van der Waals surface area contributed by atoms with Crippen molar-refractivity contribution in [1.82, 2.24) is 0 Å². The zero-order chi connectivity index (χ0) is 16.1. The van der Waals surface area contributed by atoms with Crippen molar-refractivity contribution in [3.8, 4) is 23.3 Å². The highest BCUT2D eigenvalue weighted by Gasteiger charge is 2.66. The summed E-state index contributed by atoms with van der Waals surface area (Å²) in [6, 6.07) is 14.9. The number of hydrogen-bond donors (Lipinski definition) is 0. The Labute approximate surface area is 140 Å². The lowest BCUT2D eigenvalue weighted by Gasteiger charge is -2.66. The van der Waals surface area contributed by atoms with Crippen molar-refractivity contribution in [2.24, 2.45) is 10.8 Å². The van der Waals surface area contributed by atoms with Crippen LogP contribution < -0.4 is 0 Å². The summed E-state index contributed by atoms with van der Waals surface area (Å²) in [5.74, 6) is 10.7. The molecule has 0 amide bonds. The lowest BCUT2D eigenvalue weighted by molar-refractivity contribution is -0.113. The second-order valence-electron chi connectivity index (χ2n) is 8.37. The van der Waals surface area contributed by atoms with Gasteiger partial charge < -0.3 is 0 Å². The minimum Gasteiger partial charge on any atom is -0.131 e. The molecule has 0 radical (unpaired) electrons. The number of rotatable bonds is 0. The second-order valence-corrected chi connectivity index (χ2v) is 13.1. The molecular weight excluding hydrogens is 292 g/mol. The number of hydrogen-bond acceptors (Lipinski definition) is 0. The van der Waals surface area contributed by atoms with Crippen LogP contribution in [-0.4, -0.2) is 8.07 Å². The molecular formula is C22H22Si. The van der Waals surface area contributed by atoms with Gasteiger partial charge in [-0.15, -0.1) is 11.5 Å². The smallest absolute Gasteiger partial charge is 0.129 e. The third-order valence-electron chi connectivity index (χ3n) is 4.98. The van der Waals surface area contributed by atoms with Crippen molar-refractivity contribution in [1.29, 1.82) is 0 Å². The first kappa shape index (κ1) is 14.6. The van der Waals surface area contributed by atoms with Crippen LogP contribution in [0.2, 0.25) is 19.6 Å². The van der Waals surface area contributed by atoms with E-state index < -0.39 is 8.07 Å². The monoisotopic (exact) mass is 314 g/mol. The molecule has 0 unspecified atom stereocenters. The molecule has 2 aromatic carbocycles. The van der Waals surface area contributed by atoms with E-state index in [0.29, 0.717) is 5.41 Å². The minimum atomic E-state index is -1.25. The van der Waals surface area contributed by atoms with Crippen molar-refractivity contribution in [2.45, 2.75) is 38.9 Å². The highest BCUT2D eigenvalue weighted by Crippen LogP contribution is 2.72. The predicted molar refractivity (Wildman–Crippen MR) is 101 cm³/mol. The Morgan fingerprint density at radius 1 is 0.826 bits per heavy atom. The largest absolute Gasteiger partial charge is 0.131 e. The van der Waals surface area contributed by atoms with Gasteiger partial charge in [-0.2, -0.15) is 0 Å². The molecule has 114 valence electrons. The molecule has 3 aliphatic carbocycles. The van der Waals surface area contributed by atoms with E-state index in [1.54, 1.807) is 0 Å². The van der Waals surface area contributed by atoms with Crippen LogP contribution in [0.25, 0.3) is 10.8 Å². The lowest BCUT2D eigenvalue weighted by Crippen LogP contribution is -2.60. The molecule has 0 aromatic heterocycles. The summed E-state index contributed by atoms with van der Waals surface area (Å²) >= 11 is 0. The molecule has 2 aromatic rings. The molecule has 0 N–H and O–H groups in total. The van der Waals surface area contributed by atoms with Gasteiger partial charge in [0.25, 0.3) is 0 Å². The van der Waals surface area contributed by atoms with Gasteiger partial charge in [0.1, 0.15) is 8.07 Å². The van der Waals surface area contributed by atoms with E-state index in [1.165, 1.54) is 30.0 Å². The fourth-order valence-electron chi connectivity index (χ4n) is 3.91. The molecule has 0 saturated heterocycles. The van der Waals surface area contributed by atoms with Crippen LogP contribution >= 0.6 is 0 Å². The third kappa shape index (κ3) is 2.60. The Hall–Kier alpha value is -1.96. The first-order valence-corrected chi connectivity index (χ1v) is 11.9. The maximum absolute atomic E-state index is 3.60. The van der Waals surface area contributed by atoms with E-state index in [0.717, 1.165) is 5.56 Å². The van der Waals surface area contributed by atoms with Crippen LogP contribution in [0.3, 0.4) is 0 Å². The van der Waals surface area contributed by atoms with Crippen LogP contribution in [0.5, 0.6) is 0 Å². The van der Waals surface area contributed by atoms with Gasteiger partial charge in [-0.05, 0) is 36.1 Å². The van der Waals surface area contributed by atoms with Crippen molar-refractivity contribution in [2.75, 3.05) is 0 Å². The molecule has 3 saturated carbocycles. The molecule has 0 heterocycles. The molecule has 0 spiro atoms. The molecule has 5 rings (SSSR count). The van der Waals surface area contributed by atoms with Crippen LogP contribution in [0.4, 0.5) is 0 Å². The summed E-state index contributed by atoms with van der Waals surface area (Å²) < 4.78 is 0. The normalized spacial score (nSPS) is 27.8. The van der Waals surface area contributed by atoms with E-state index >= 15 is 0 Å². The van der Waals surface area contributed by atoms with Gasteiger partial charge in [0.05, 0.1) is 0 Å². The van der Waals surface area contributed by atoms with E-state index in [4.69, 9.17) is 0 Å². The van der Waals surface area contributed by atoms with Crippen LogP contribution in [0.1, 0.15) is 24.8 Å². The van der Waals surface area contributed by atoms with Crippen molar-refractivity contribution >= 4 is 18.8 Å². The lowest BCUT2D eigenvalue weighted by atomic mass is 9.36. The predicted octanol–water partition coefficient (Wildman–Crippen LogP) is 5.24. The van der Waals surface area contributed by atoms with Crippen LogP contribution in [-0.2, 0) is 0 Å². The molecule has 3 fully saturated rings. The van der Waals surface area contributed by atoms with Crippen molar-refractivity contribution in [3.63, 3.8) is 0 Å². The molecule has 23 heavy (non-hydrogen) atoms. The Morgan fingerprint density at radius 2 is 1.48 bits per heavy atom. The van der Waals surface area contributed by atoms with Gasteiger partial charge in [-0.1, -0.05) is 67.9 Å². The summed E-state index contributed by atoms with van der Waals surface area (Å²) in [6.07, 6.45) is 3.57. The van der Waals surface area contributed by atoms with Gasteiger partial charge in [0.2, 0.25) is 0 Å². The van der Waals surface area contributed by atoms with Crippen LogP contribution in [0, 0.1) is 34.1 Å². The Bertz CT molecular complexity index is 881. The Kier molecular flexibility index (Phi) is 3.03. The summed E-state index contributed by atoms with van der Waals surface area (Å²) in [7, 11) is -1.25. The Morgan fingerprint density at radius 3 is 2.22 bits per heavy atom. The molecule has 1 heteroatoms. The first-order chi connectivity index (χ1) is 10.9. The quantitative estimate of drug-likeness (QED) is 0.460. The third-order valence-corrected chi connectivity index (χ3v) is 5.86. The first-order valence-electron chi connectivity index (χ1n) is 8.44. The molecule has 3 aliphatic rings. The topological polar surface area (TPSA) is 0 Å². The van der Waals surface area contributed by atoms with Gasteiger partial charge in [0, 0.05) is 16.4 Å². The van der Waals surface area contributed by atoms with Crippen LogP contribution in [0.15, 0.2) is 42.5 Å². The summed E-state index contributed by atoms with van der Waals surface area (Å²) in [6.45, 7) is 6.96. The maximum Gasteiger partial charge on any atom is 0.129 e. The highest BCUT2D eigenvalue weighted by molar-refractivity contribution is 6.83. The van der Waals surface area contributed by atoms with E-state index in [2.05, 4.69) is 85.4 Å². The summed E-state index contributed by atoms with van der Waals surface area (Å²) in [5.41, 5.74) is 5.32. The van der Waals surface area contributed by atoms with E-state index in [1.807, 2.05) is 0 Å². The van der Waals surface area contributed by atoms with Gasteiger partial charge >= 0.3 is 0 Å². The summed E-state index contributed by atoms with van der Waals surface area (Å²) in [4.78, 5) is 0. The van der Waals surface area contributed by atoms with Crippen molar-refractivity contribution < 1.29 is 0 Å². The highest BCUT2D eigenvalue weighted by atomic mass is 28.3. The van der Waals surface area contributed by atoms with Crippen molar-refractivity contribution in [3.05, 3.63) is 48.0 Å². The fraction of sp³-hybridized carbons (Fsp3) is 0.364. The fourth-order valence-corrected chi connectivity index (χ4v) is 4.55. The zero-order valence-corrected chi connectivity index (χ0v) is 15.2. The molecule has 0 nitrogen and oxygen atoms in total. The number of fused-ring (bicyclic) bond motifs is 1. The Balaban J connectivity index is 1.54. The van der Waals surface area contributed by atoms with E-state index in [9.17, 15) is 0 Å². The molecule has 0 aliphatic heterocycles. The van der Waals surface area contributed by atoms with Gasteiger partial charge in [0.15, 0.2) is 0 Å². The standard InChI is InChI=1S/C22H22Si/c1-23(2,3)14-13-22-15-21(16-22,17-22)12-11-19-9-6-8-18-7-4-5-10-20(18)19/h4-10H,15-17H2,1-3H3. The zero-order valence-electron chi connectivity index (χ0n) is 14.2. The van der Waals surface area contributed by atoms with Gasteiger partial charge in [-0.25, -0.2) is 0 Å². The molecule has 2 bridgehead atoms. The van der Waals surface area contributed by atoms with E-state index in [-0.39, 0.29) is 5.41 Å².